The Morgan fingerprint density at radius 3 is 2.31 bits per heavy atom. The molecule has 0 spiro atoms. The molecule has 1 unspecified atom stereocenters. The minimum atomic E-state index is -5.77. The van der Waals surface area contributed by atoms with Crippen LogP contribution in [-0.4, -0.2) is 60.4 Å². The first kappa shape index (κ1) is 28.4. The maximum atomic E-state index is 6.17. The minimum Gasteiger partial charge on any atom is -0.443 e. The van der Waals surface area contributed by atoms with E-state index in [0.717, 1.165) is 0 Å². The number of hydrogen-bond acceptors (Lipinski definition) is 13. The fourth-order valence-electron chi connectivity index (χ4n) is 7.75. The molecule has 9 rings (SSSR count). The Balaban J connectivity index is 1.79. The molecule has 9 heterocycles. The van der Waals surface area contributed by atoms with Crippen molar-refractivity contribution in [2.24, 2.45) is 0 Å². The van der Waals surface area contributed by atoms with Crippen LogP contribution in [0.25, 0.3) is 10.6 Å². The monoisotopic (exact) mass is 667 g/mol. The summed E-state index contributed by atoms with van der Waals surface area (Å²) in [6, 6.07) is 18.6. The zero-order valence-corrected chi connectivity index (χ0v) is 26.2. The Bertz CT molecular complexity index is 2250. The SMILES string of the molecule is c1ccc(S2(c3cnccn3)(c3ncccn3)(c3ccn[nH]3)C(c3cccnn3)=C(c3ncco3)NC2(c2ccon2)c2ccc[nH]2)nc1. The van der Waals surface area contributed by atoms with Crippen molar-refractivity contribution < 1.29 is 8.94 Å². The maximum absolute atomic E-state index is 6.17. The molecular formula is C33H25N13O2S. The maximum Gasteiger partial charge on any atom is 0.243 e. The van der Waals surface area contributed by atoms with E-state index in [-0.39, 0.29) is 5.89 Å². The van der Waals surface area contributed by atoms with Crippen LogP contribution in [0.2, 0.25) is 0 Å². The van der Waals surface area contributed by atoms with Gasteiger partial charge in [-0.05, 0) is 48.5 Å². The number of hydrogen-bond donors (Lipinski definition) is 3. The summed E-state index contributed by atoms with van der Waals surface area (Å²) in [5.41, 5.74) is 1.87. The van der Waals surface area contributed by atoms with Crippen molar-refractivity contribution >= 4 is 18.9 Å². The second-order valence-electron chi connectivity index (χ2n) is 11.1. The molecule has 0 radical (unpaired) electrons. The summed E-state index contributed by atoms with van der Waals surface area (Å²) in [4.78, 5) is 32.9. The van der Waals surface area contributed by atoms with Crippen molar-refractivity contribution in [3.05, 3.63) is 158 Å². The van der Waals surface area contributed by atoms with E-state index in [4.69, 9.17) is 49.1 Å². The zero-order valence-electron chi connectivity index (χ0n) is 25.4. The molecule has 15 nitrogen and oxygen atoms in total. The third kappa shape index (κ3) is 2.92. The van der Waals surface area contributed by atoms with Crippen molar-refractivity contribution in [2.75, 3.05) is 0 Å². The number of aromatic amines is 2. The number of aromatic nitrogens is 12. The number of pyridine rings is 1. The number of H-pyrrole nitrogens is 2. The van der Waals surface area contributed by atoms with Gasteiger partial charge in [0, 0.05) is 55.6 Å². The van der Waals surface area contributed by atoms with E-state index in [1.807, 2.05) is 48.7 Å². The largest absolute Gasteiger partial charge is 0.443 e. The number of oxazole rings is 1. The summed E-state index contributed by atoms with van der Waals surface area (Å²) in [5.74, 6) is 0.234. The second kappa shape index (κ2) is 10.1. The van der Waals surface area contributed by atoms with E-state index in [1.165, 1.54) is 12.5 Å². The molecule has 0 amide bonds. The van der Waals surface area contributed by atoms with Crippen molar-refractivity contribution in [3.8, 4) is 0 Å². The van der Waals surface area contributed by atoms with Gasteiger partial charge in [0.1, 0.15) is 34.6 Å². The standard InChI is InChI=1S/C33H25N13O2S/c1-2-11-36-26(8-1)49(27-9-16-42-45-27,28-22-34-17-18-37-28,32-39-13-5-14-40-32)30(23-6-3-15-41-44-23)29(31-38-19-21-47-31)43-33(49,24-7-4-12-35-24)25-10-20-48-46-25/h1-22,35,43H,(H,42,45). The zero-order chi connectivity index (χ0) is 32.8. The molecule has 3 N–H and O–H groups in total. The molecule has 8 aromatic rings. The van der Waals surface area contributed by atoms with Gasteiger partial charge in [-0.1, -0.05) is 19.5 Å². The molecule has 1 atom stereocenters. The van der Waals surface area contributed by atoms with Gasteiger partial charge in [-0.2, -0.15) is 10.2 Å². The Morgan fingerprint density at radius 1 is 0.714 bits per heavy atom. The van der Waals surface area contributed by atoms with Gasteiger partial charge in [-0.25, -0.2) is 19.9 Å². The van der Waals surface area contributed by atoms with Crippen molar-refractivity contribution in [3.63, 3.8) is 0 Å². The highest BCUT2D eigenvalue weighted by Crippen LogP contribution is 3.17. The Labute approximate surface area is 276 Å². The summed E-state index contributed by atoms with van der Waals surface area (Å²) in [7, 11) is -5.77. The predicted octanol–water partition coefficient (Wildman–Crippen LogP) is 4.92. The third-order valence-corrected chi connectivity index (χ3v) is 17.8. The Kier molecular flexibility index (Phi) is 5.85. The highest BCUT2D eigenvalue weighted by molar-refractivity contribution is 8.71. The molecule has 1 aliphatic heterocycles. The van der Waals surface area contributed by atoms with Gasteiger partial charge in [0.25, 0.3) is 0 Å². The van der Waals surface area contributed by atoms with Crippen LogP contribution in [0.15, 0.2) is 164 Å². The minimum absolute atomic E-state index is 0.234. The quantitative estimate of drug-likeness (QED) is 0.185. The molecule has 240 valence electrons. The average molecular weight is 668 g/mol. The fourth-order valence-corrected chi connectivity index (χ4v) is 17.0. The molecular weight excluding hydrogens is 643 g/mol. The summed E-state index contributed by atoms with van der Waals surface area (Å²) in [6.45, 7) is 0. The summed E-state index contributed by atoms with van der Waals surface area (Å²) >= 11 is 0. The van der Waals surface area contributed by atoms with E-state index in [2.05, 4.69) is 25.6 Å². The molecule has 0 bridgehead atoms. The lowest BCUT2D eigenvalue weighted by Crippen LogP contribution is -2.60. The van der Waals surface area contributed by atoms with Crippen LogP contribution in [0.3, 0.4) is 0 Å². The van der Waals surface area contributed by atoms with Crippen LogP contribution in [0.5, 0.6) is 0 Å². The number of rotatable bonds is 8. The molecule has 0 aromatic carbocycles. The molecule has 0 fully saturated rings. The van der Waals surface area contributed by atoms with Gasteiger partial charge >= 0.3 is 0 Å². The van der Waals surface area contributed by atoms with Crippen LogP contribution >= 0.6 is 8.29 Å². The van der Waals surface area contributed by atoms with E-state index < -0.39 is 13.2 Å². The molecule has 49 heavy (non-hydrogen) atoms. The molecule has 0 aliphatic carbocycles. The number of nitrogens with one attached hydrogen (secondary N) is 3. The van der Waals surface area contributed by atoms with Crippen LogP contribution in [0.4, 0.5) is 0 Å². The molecule has 8 aromatic heterocycles. The number of nitrogens with zero attached hydrogens (tertiary/aromatic N) is 10. The van der Waals surface area contributed by atoms with Crippen molar-refractivity contribution in [1.82, 2.24) is 65.8 Å². The highest BCUT2D eigenvalue weighted by Gasteiger charge is 2.90. The molecule has 0 saturated carbocycles. The Morgan fingerprint density at radius 2 is 1.63 bits per heavy atom. The van der Waals surface area contributed by atoms with E-state index in [9.17, 15) is 0 Å². The molecule has 16 heteroatoms. The van der Waals surface area contributed by atoms with E-state index in [0.29, 0.717) is 47.9 Å². The average Bonchev–Trinajstić information content (AvgIpc) is 4.03. The van der Waals surface area contributed by atoms with Gasteiger partial charge in [0.15, 0.2) is 10.0 Å². The first-order chi connectivity index (χ1) is 24.3. The van der Waals surface area contributed by atoms with Crippen molar-refractivity contribution in [2.45, 2.75) is 25.1 Å². The first-order valence-electron chi connectivity index (χ1n) is 15.0. The summed E-state index contributed by atoms with van der Waals surface area (Å²) in [6.07, 6.45) is 19.7. The predicted molar refractivity (Wildman–Crippen MR) is 174 cm³/mol. The fraction of sp³-hybridized carbons (Fsp3) is 0.0303. The van der Waals surface area contributed by atoms with Crippen LogP contribution < -0.4 is 5.32 Å². The molecule has 1 aliphatic rings. The van der Waals surface area contributed by atoms with E-state index in [1.54, 1.807) is 74.0 Å². The van der Waals surface area contributed by atoms with Crippen LogP contribution in [-0.2, 0) is 4.87 Å². The van der Waals surface area contributed by atoms with Crippen LogP contribution in [0.1, 0.15) is 23.0 Å². The summed E-state index contributed by atoms with van der Waals surface area (Å²) in [5, 5.41) is 27.6. The lowest BCUT2D eigenvalue weighted by molar-refractivity contribution is 0.398. The van der Waals surface area contributed by atoms with Gasteiger partial charge in [0.2, 0.25) is 5.89 Å². The van der Waals surface area contributed by atoms with E-state index >= 15 is 0 Å². The van der Waals surface area contributed by atoms with Gasteiger partial charge < -0.3 is 19.2 Å². The van der Waals surface area contributed by atoms with Gasteiger partial charge in [-0.3, -0.25) is 15.1 Å². The second-order valence-corrected chi connectivity index (χ2v) is 16.8. The normalized spacial score (nSPS) is 20.4. The van der Waals surface area contributed by atoms with Gasteiger partial charge in [0.05, 0.1) is 33.0 Å². The van der Waals surface area contributed by atoms with Crippen LogP contribution in [0, 0.1) is 0 Å². The van der Waals surface area contributed by atoms with Gasteiger partial charge in [-0.15, -0.1) is 5.10 Å². The molecule has 0 saturated heterocycles. The smallest absolute Gasteiger partial charge is 0.243 e. The highest BCUT2D eigenvalue weighted by atomic mass is 32.4. The topological polar surface area (TPSA) is 199 Å². The third-order valence-electron chi connectivity index (χ3n) is 9.28. The lowest BCUT2D eigenvalue weighted by atomic mass is 10.1. The Hall–Kier alpha value is -6.81. The lowest BCUT2D eigenvalue weighted by Gasteiger charge is -2.78. The van der Waals surface area contributed by atoms with Crippen molar-refractivity contribution in [1.29, 1.82) is 0 Å². The summed E-state index contributed by atoms with van der Waals surface area (Å²) < 4.78 is 11.9. The first-order valence-corrected chi connectivity index (χ1v) is 17.4.